The molecule has 1 atom stereocenters. The van der Waals surface area contributed by atoms with E-state index >= 15 is 0 Å². The number of aromatic nitrogens is 2. The number of nitrogens with two attached hydrogens (primary N) is 2. The molecule has 0 aliphatic carbocycles. The molecule has 0 saturated carbocycles. The van der Waals surface area contributed by atoms with Crippen molar-refractivity contribution < 1.29 is 31.5 Å². The fourth-order valence-electron chi connectivity index (χ4n) is 2.39. The number of amides is 2. The molecule has 7 nitrogen and oxygen atoms in total. The second-order valence-electron chi connectivity index (χ2n) is 5.68. The molecule has 1 aliphatic heterocycles. The van der Waals surface area contributed by atoms with E-state index in [4.69, 9.17) is 11.5 Å². The Bertz CT molecular complexity index is 672. The Morgan fingerprint density at radius 3 is 2.44 bits per heavy atom. The number of primary amides is 1. The number of hydrogen-bond acceptors (Lipinski definition) is 4. The van der Waals surface area contributed by atoms with Crippen molar-refractivity contribution in [3.8, 4) is 0 Å². The summed E-state index contributed by atoms with van der Waals surface area (Å²) in [4.78, 5) is 27.4. The third-order valence-corrected chi connectivity index (χ3v) is 3.81. The van der Waals surface area contributed by atoms with Gasteiger partial charge >= 0.3 is 12.1 Å². The molecule has 0 spiro atoms. The van der Waals surface area contributed by atoms with Crippen LogP contribution in [0.1, 0.15) is 24.4 Å². The Kier molecular flexibility index (Phi) is 5.02. The van der Waals surface area contributed by atoms with Crippen LogP contribution in [0.3, 0.4) is 0 Å². The van der Waals surface area contributed by atoms with Gasteiger partial charge in [0.2, 0.25) is 11.8 Å². The Morgan fingerprint density at radius 2 is 1.88 bits per heavy atom. The lowest BCUT2D eigenvalue weighted by Crippen LogP contribution is -2.47. The van der Waals surface area contributed by atoms with Gasteiger partial charge in [-0.2, -0.15) is 22.0 Å². The van der Waals surface area contributed by atoms with Crippen molar-refractivity contribution >= 4 is 11.8 Å². The third kappa shape index (κ3) is 3.89. The van der Waals surface area contributed by atoms with Crippen LogP contribution in [0.15, 0.2) is 6.20 Å². The summed E-state index contributed by atoms with van der Waals surface area (Å²) in [7, 11) is 0. The second kappa shape index (κ2) is 6.58. The van der Waals surface area contributed by atoms with Gasteiger partial charge in [-0.25, -0.2) is 4.98 Å². The van der Waals surface area contributed by atoms with E-state index in [9.17, 15) is 31.5 Å². The van der Waals surface area contributed by atoms with Gasteiger partial charge in [0.05, 0.1) is 12.6 Å². The number of fused-ring (bicyclic) bond motifs is 1. The number of halogens is 5. The molecule has 1 aliphatic rings. The minimum Gasteiger partial charge on any atom is -0.370 e. The van der Waals surface area contributed by atoms with E-state index in [2.05, 4.69) is 4.98 Å². The SMILES string of the molecule is NC(=O)CC[C@H](N)C(=O)N1CCn2cc(C(F)(F)C(F)(F)F)nc2C1. The summed E-state index contributed by atoms with van der Waals surface area (Å²) in [5, 5.41) is 0. The fraction of sp³-hybridized carbons (Fsp3) is 0.615. The first-order valence-electron chi connectivity index (χ1n) is 7.27. The molecule has 2 heterocycles. The minimum absolute atomic E-state index is 0.00451. The van der Waals surface area contributed by atoms with Gasteiger partial charge in [0.1, 0.15) is 11.5 Å². The van der Waals surface area contributed by atoms with Crippen LogP contribution in [0.25, 0.3) is 0 Å². The summed E-state index contributed by atoms with van der Waals surface area (Å²) in [5.74, 6) is -6.36. The molecular weight excluding hydrogens is 353 g/mol. The average Bonchev–Trinajstić information content (AvgIpc) is 2.94. The van der Waals surface area contributed by atoms with Gasteiger partial charge in [-0.15, -0.1) is 0 Å². The van der Waals surface area contributed by atoms with Crippen LogP contribution in [-0.2, 0) is 28.6 Å². The highest BCUT2D eigenvalue weighted by atomic mass is 19.4. The number of carbonyl (C=O) groups is 2. The molecule has 12 heteroatoms. The standard InChI is InChI=1S/C13H16F5N5O2/c14-12(15,13(16,17)18)8-5-22-3-4-23(6-10(22)21-8)11(25)7(19)1-2-9(20)24/h5,7H,1-4,6,19H2,(H2,20,24)/t7-/m0/s1. The van der Waals surface area contributed by atoms with Crippen molar-refractivity contribution in [3.63, 3.8) is 0 Å². The average molecular weight is 369 g/mol. The number of imidazole rings is 1. The lowest BCUT2D eigenvalue weighted by atomic mass is 10.1. The summed E-state index contributed by atoms with van der Waals surface area (Å²) in [6, 6.07) is -1.02. The number of hydrogen-bond donors (Lipinski definition) is 2. The van der Waals surface area contributed by atoms with Crippen molar-refractivity contribution in [1.82, 2.24) is 14.5 Å². The van der Waals surface area contributed by atoms with Gasteiger partial charge in [-0.1, -0.05) is 0 Å². The van der Waals surface area contributed by atoms with Crippen molar-refractivity contribution in [2.75, 3.05) is 6.54 Å². The molecule has 0 saturated heterocycles. The van der Waals surface area contributed by atoms with Crippen LogP contribution in [0, 0.1) is 0 Å². The van der Waals surface area contributed by atoms with E-state index in [1.54, 1.807) is 0 Å². The smallest absolute Gasteiger partial charge is 0.370 e. The molecule has 0 fully saturated rings. The fourth-order valence-corrected chi connectivity index (χ4v) is 2.39. The second-order valence-corrected chi connectivity index (χ2v) is 5.68. The van der Waals surface area contributed by atoms with E-state index in [0.29, 0.717) is 6.20 Å². The lowest BCUT2D eigenvalue weighted by molar-refractivity contribution is -0.290. The molecule has 0 unspecified atom stereocenters. The molecule has 0 bridgehead atoms. The summed E-state index contributed by atoms with van der Waals surface area (Å²) in [6.45, 7) is -0.176. The van der Waals surface area contributed by atoms with Gasteiger partial charge in [0, 0.05) is 25.7 Å². The maximum absolute atomic E-state index is 13.4. The zero-order valence-electron chi connectivity index (χ0n) is 12.9. The van der Waals surface area contributed by atoms with Crippen LogP contribution >= 0.6 is 0 Å². The maximum atomic E-state index is 13.4. The topological polar surface area (TPSA) is 107 Å². The molecule has 2 amide bonds. The maximum Gasteiger partial charge on any atom is 0.459 e. The Labute approximate surface area is 138 Å². The summed E-state index contributed by atoms with van der Waals surface area (Å²) >= 11 is 0. The first-order chi connectivity index (χ1) is 11.4. The summed E-state index contributed by atoms with van der Waals surface area (Å²) in [6.07, 6.45) is -5.21. The van der Waals surface area contributed by atoms with Gasteiger partial charge in [0.25, 0.3) is 0 Å². The molecule has 25 heavy (non-hydrogen) atoms. The van der Waals surface area contributed by atoms with Crippen molar-refractivity contribution in [3.05, 3.63) is 17.7 Å². The van der Waals surface area contributed by atoms with Crippen LogP contribution in [0.4, 0.5) is 22.0 Å². The van der Waals surface area contributed by atoms with Crippen molar-refractivity contribution in [2.45, 2.75) is 44.1 Å². The quantitative estimate of drug-likeness (QED) is 0.736. The third-order valence-electron chi connectivity index (χ3n) is 3.81. The molecule has 1 aromatic heterocycles. The minimum atomic E-state index is -5.76. The van der Waals surface area contributed by atoms with Crippen molar-refractivity contribution in [2.24, 2.45) is 11.5 Å². The largest absolute Gasteiger partial charge is 0.459 e. The summed E-state index contributed by atoms with van der Waals surface area (Å²) < 4.78 is 65.2. The van der Waals surface area contributed by atoms with Crippen LogP contribution in [0.2, 0.25) is 0 Å². The first-order valence-corrected chi connectivity index (χ1v) is 7.27. The van der Waals surface area contributed by atoms with Crippen LogP contribution in [-0.4, -0.2) is 45.0 Å². The normalized spacial score (nSPS) is 16.5. The molecule has 140 valence electrons. The predicted molar refractivity (Wildman–Crippen MR) is 74.0 cm³/mol. The van der Waals surface area contributed by atoms with Crippen molar-refractivity contribution in [1.29, 1.82) is 0 Å². The Hall–Kier alpha value is -2.24. The molecule has 0 radical (unpaired) electrons. The van der Waals surface area contributed by atoms with Gasteiger partial charge < -0.3 is 20.9 Å². The zero-order valence-corrected chi connectivity index (χ0v) is 12.9. The highest BCUT2D eigenvalue weighted by molar-refractivity contribution is 5.82. The first kappa shape index (κ1) is 19.1. The van der Waals surface area contributed by atoms with E-state index in [1.807, 2.05) is 0 Å². The number of alkyl halides is 5. The lowest BCUT2D eigenvalue weighted by Gasteiger charge is -2.29. The number of nitrogens with zero attached hydrogens (tertiary/aromatic N) is 3. The van der Waals surface area contributed by atoms with E-state index < -0.39 is 35.6 Å². The Morgan fingerprint density at radius 1 is 1.24 bits per heavy atom. The predicted octanol–water partition coefficient (Wildman–Crippen LogP) is 0.472. The van der Waals surface area contributed by atoms with E-state index in [1.165, 1.54) is 4.90 Å². The number of rotatable bonds is 5. The van der Waals surface area contributed by atoms with E-state index in [0.717, 1.165) is 4.57 Å². The molecule has 0 aromatic carbocycles. The Balaban J connectivity index is 2.11. The van der Waals surface area contributed by atoms with E-state index in [-0.39, 0.29) is 38.3 Å². The number of carbonyl (C=O) groups excluding carboxylic acids is 2. The molecule has 4 N–H and O–H groups in total. The van der Waals surface area contributed by atoms with Gasteiger partial charge in [-0.05, 0) is 6.42 Å². The summed E-state index contributed by atoms with van der Waals surface area (Å²) in [5.41, 5.74) is 9.20. The molecule has 2 rings (SSSR count). The van der Waals surface area contributed by atoms with Gasteiger partial charge in [0.15, 0.2) is 0 Å². The molecular formula is C13H16F5N5O2. The van der Waals surface area contributed by atoms with Gasteiger partial charge in [-0.3, -0.25) is 9.59 Å². The van der Waals surface area contributed by atoms with Crippen LogP contribution in [0.5, 0.6) is 0 Å². The molecule has 1 aromatic rings. The monoisotopic (exact) mass is 369 g/mol. The van der Waals surface area contributed by atoms with Crippen LogP contribution < -0.4 is 11.5 Å². The highest BCUT2D eigenvalue weighted by Gasteiger charge is 2.60. The zero-order chi connectivity index (χ0) is 19.0. The highest BCUT2D eigenvalue weighted by Crippen LogP contribution is 2.43.